The second-order valence-electron chi connectivity index (χ2n) is 8.99. The molecule has 144 valence electrons. The van der Waals surface area contributed by atoms with Gasteiger partial charge in [-0.15, -0.1) is 0 Å². The fraction of sp³-hybridized carbons (Fsp3) is 0.458. The van der Waals surface area contributed by atoms with Crippen LogP contribution in [0.25, 0.3) is 0 Å². The molecule has 0 unspecified atom stereocenters. The van der Waals surface area contributed by atoms with Crippen LogP contribution in [0.5, 0.6) is 0 Å². The van der Waals surface area contributed by atoms with Gasteiger partial charge in [0.15, 0.2) is 0 Å². The average molecular weight is 367 g/mol. The Kier molecular flexibility index (Phi) is 5.71. The molecule has 0 N–H and O–H groups in total. The van der Waals surface area contributed by atoms with Gasteiger partial charge in [-0.05, 0) is 24.0 Å². The molecule has 1 aliphatic rings. The van der Waals surface area contributed by atoms with E-state index in [1.807, 2.05) is 24.3 Å². The number of hydrogen-bond acceptors (Lipinski definition) is 2. The van der Waals surface area contributed by atoms with Crippen molar-refractivity contribution < 1.29 is 14.0 Å². The largest absolute Gasteiger partial charge is 0.453 e. The average Bonchev–Trinajstić information content (AvgIpc) is 3.46. The molecule has 2 aromatic rings. The molecule has 0 spiro atoms. The van der Waals surface area contributed by atoms with Crippen LogP contribution in [0.4, 0.5) is 0 Å². The summed E-state index contributed by atoms with van der Waals surface area (Å²) in [5, 5.41) is 0. The first-order valence-electron chi connectivity index (χ1n) is 9.93. The van der Waals surface area contributed by atoms with Gasteiger partial charge in [0, 0.05) is 12.3 Å². The van der Waals surface area contributed by atoms with Gasteiger partial charge in [0.25, 0.3) is 0 Å². The third kappa shape index (κ3) is 4.98. The summed E-state index contributed by atoms with van der Waals surface area (Å²) >= 11 is 0. The summed E-state index contributed by atoms with van der Waals surface area (Å²) < 4.78 is 7.24. The fourth-order valence-corrected chi connectivity index (χ4v) is 3.93. The minimum Gasteiger partial charge on any atom is -0.453 e. The number of nitrogens with zero attached hydrogens (tertiary/aromatic N) is 1. The van der Waals surface area contributed by atoms with Gasteiger partial charge in [-0.2, -0.15) is 0 Å². The molecule has 1 aliphatic carbocycles. The Hall–Kier alpha value is -2.13. The predicted octanol–water partition coefficient (Wildman–Crippen LogP) is 4.42. The van der Waals surface area contributed by atoms with Crippen LogP contribution in [0, 0.1) is 11.8 Å². The van der Waals surface area contributed by atoms with Crippen molar-refractivity contribution in [1.29, 1.82) is 0 Å². The quantitative estimate of drug-likeness (QED) is 0.511. The molecule has 2 aromatic carbocycles. The monoisotopic (exact) mass is 366 g/mol. The Morgan fingerprint density at radius 1 is 1.04 bits per heavy atom. The number of hydrogen-bond donors (Lipinski definition) is 0. The predicted molar refractivity (Wildman–Crippen MR) is 109 cm³/mol. The van der Waals surface area contributed by atoms with Gasteiger partial charge in [-0.3, -0.25) is 4.79 Å². The molecule has 0 aromatic heterocycles. The zero-order chi connectivity index (χ0) is 19.5. The number of rotatable bonds is 8. The summed E-state index contributed by atoms with van der Waals surface area (Å²) in [6.45, 7) is 3.14. The van der Waals surface area contributed by atoms with E-state index in [9.17, 15) is 4.79 Å². The summed E-state index contributed by atoms with van der Waals surface area (Å²) in [6.07, 6.45) is 2.61. The normalized spacial score (nSPS) is 17.8. The molecule has 0 saturated heterocycles. The lowest BCUT2D eigenvalue weighted by atomic mass is 9.77. The molecule has 3 nitrogen and oxygen atoms in total. The second-order valence-corrected chi connectivity index (χ2v) is 8.99. The van der Waals surface area contributed by atoms with Crippen molar-refractivity contribution in [2.75, 3.05) is 27.7 Å². The molecule has 2 atom stereocenters. The van der Waals surface area contributed by atoms with E-state index >= 15 is 0 Å². The van der Waals surface area contributed by atoms with E-state index in [1.165, 1.54) is 5.56 Å². The molecule has 0 heterocycles. The highest BCUT2D eigenvalue weighted by atomic mass is 16.6. The number of carbonyl (C=O) groups is 1. The molecule has 3 heteroatoms. The van der Waals surface area contributed by atoms with Crippen molar-refractivity contribution in [2.24, 2.45) is 11.8 Å². The summed E-state index contributed by atoms with van der Waals surface area (Å²) in [5.41, 5.74) is 1.62. The maximum atomic E-state index is 12.8. The van der Waals surface area contributed by atoms with Crippen molar-refractivity contribution in [2.45, 2.75) is 31.8 Å². The van der Waals surface area contributed by atoms with Gasteiger partial charge in [0.05, 0.1) is 33.6 Å². The summed E-state index contributed by atoms with van der Waals surface area (Å²) in [5.74, 6) is 0.214. The van der Waals surface area contributed by atoms with Gasteiger partial charge in [-0.25, -0.2) is 0 Å². The Morgan fingerprint density at radius 3 is 2.11 bits per heavy atom. The standard InChI is InChI=1S/C24H32NO2/c1-19(18-25(2,3)4)24(22-13-9-6-10-14-22,27-23(26)21-15-16-21)17-20-11-7-5-8-12-20/h5-14,19,21H,15-18H2,1-4H3/q+1/t19-,24-/m0/s1. The molecule has 0 radical (unpaired) electrons. The number of carbonyl (C=O) groups excluding carboxylic acids is 1. The third-order valence-corrected chi connectivity index (χ3v) is 5.38. The lowest BCUT2D eigenvalue weighted by Gasteiger charge is -2.42. The Balaban J connectivity index is 2.05. The molecular formula is C24H32NO2+. The third-order valence-electron chi connectivity index (χ3n) is 5.38. The molecule has 1 fully saturated rings. The lowest BCUT2D eigenvalue weighted by molar-refractivity contribution is -0.874. The van der Waals surface area contributed by atoms with Crippen LogP contribution in [-0.4, -0.2) is 38.1 Å². The Labute approximate surface area is 163 Å². The fourth-order valence-electron chi connectivity index (χ4n) is 3.93. The van der Waals surface area contributed by atoms with E-state index in [-0.39, 0.29) is 17.8 Å². The van der Waals surface area contributed by atoms with Gasteiger partial charge >= 0.3 is 5.97 Å². The molecule has 27 heavy (non-hydrogen) atoms. The van der Waals surface area contributed by atoms with E-state index < -0.39 is 5.60 Å². The zero-order valence-corrected chi connectivity index (χ0v) is 17.0. The van der Waals surface area contributed by atoms with Gasteiger partial charge < -0.3 is 9.22 Å². The number of quaternary nitrogens is 1. The van der Waals surface area contributed by atoms with E-state index in [0.29, 0.717) is 6.42 Å². The van der Waals surface area contributed by atoms with Crippen LogP contribution in [-0.2, 0) is 21.6 Å². The molecule has 1 saturated carbocycles. The first-order valence-corrected chi connectivity index (χ1v) is 9.93. The second kappa shape index (κ2) is 7.85. The van der Waals surface area contributed by atoms with Crippen molar-refractivity contribution >= 4 is 5.97 Å². The van der Waals surface area contributed by atoms with Crippen molar-refractivity contribution in [3.63, 3.8) is 0 Å². The first-order chi connectivity index (χ1) is 12.8. The number of esters is 1. The van der Waals surface area contributed by atoms with Gasteiger partial charge in [0.1, 0.15) is 5.60 Å². The van der Waals surface area contributed by atoms with Crippen LogP contribution < -0.4 is 0 Å². The topological polar surface area (TPSA) is 26.3 Å². The van der Waals surface area contributed by atoms with E-state index in [0.717, 1.165) is 29.4 Å². The van der Waals surface area contributed by atoms with Crippen LogP contribution in [0.1, 0.15) is 30.9 Å². The van der Waals surface area contributed by atoms with Gasteiger partial charge in [-0.1, -0.05) is 67.6 Å². The van der Waals surface area contributed by atoms with Crippen molar-refractivity contribution in [3.05, 3.63) is 71.8 Å². The van der Waals surface area contributed by atoms with Crippen LogP contribution in [0.2, 0.25) is 0 Å². The Bertz CT molecular complexity index is 747. The maximum absolute atomic E-state index is 12.8. The van der Waals surface area contributed by atoms with Gasteiger partial charge in [0.2, 0.25) is 0 Å². The first kappa shape index (κ1) is 19.6. The summed E-state index contributed by atoms with van der Waals surface area (Å²) in [6, 6.07) is 20.7. The molecule has 0 bridgehead atoms. The smallest absolute Gasteiger partial charge is 0.309 e. The van der Waals surface area contributed by atoms with Crippen molar-refractivity contribution in [3.8, 4) is 0 Å². The summed E-state index contributed by atoms with van der Waals surface area (Å²) in [7, 11) is 6.58. The highest BCUT2D eigenvalue weighted by Gasteiger charge is 2.46. The lowest BCUT2D eigenvalue weighted by Crippen LogP contribution is -2.49. The SMILES string of the molecule is C[C@@H](C[N+](C)(C)C)[C@](Cc1ccccc1)(OC(=O)C1CC1)c1ccccc1. The number of benzene rings is 2. The molecule has 0 amide bonds. The zero-order valence-electron chi connectivity index (χ0n) is 17.0. The van der Waals surface area contributed by atoms with Crippen molar-refractivity contribution in [1.82, 2.24) is 0 Å². The minimum atomic E-state index is -0.659. The van der Waals surface area contributed by atoms with Crippen LogP contribution in [0.15, 0.2) is 60.7 Å². The van der Waals surface area contributed by atoms with E-state index in [4.69, 9.17) is 4.74 Å². The molecular weight excluding hydrogens is 334 g/mol. The molecule has 3 rings (SSSR count). The number of ether oxygens (including phenoxy) is 1. The van der Waals surface area contributed by atoms with E-state index in [2.05, 4.69) is 64.5 Å². The van der Waals surface area contributed by atoms with Crippen LogP contribution in [0.3, 0.4) is 0 Å². The molecule has 0 aliphatic heterocycles. The highest BCUT2D eigenvalue weighted by molar-refractivity contribution is 5.75. The summed E-state index contributed by atoms with van der Waals surface area (Å²) in [4.78, 5) is 12.8. The van der Waals surface area contributed by atoms with Crippen LogP contribution >= 0.6 is 0 Å². The highest BCUT2D eigenvalue weighted by Crippen LogP contribution is 2.41. The van der Waals surface area contributed by atoms with E-state index in [1.54, 1.807) is 0 Å². The minimum absolute atomic E-state index is 0.0388. The maximum Gasteiger partial charge on any atom is 0.309 e. The Morgan fingerprint density at radius 2 is 1.59 bits per heavy atom.